The number of nitrogens with one attached hydrogen (secondary N) is 1. The molecule has 1 amide bonds. The number of hydrogen-bond donors (Lipinski definition) is 1. The summed E-state index contributed by atoms with van der Waals surface area (Å²) in [5, 5.41) is 2.80. The maximum absolute atomic E-state index is 12.8. The summed E-state index contributed by atoms with van der Waals surface area (Å²) in [5.41, 5.74) is 0.579. The van der Waals surface area contributed by atoms with E-state index in [0.717, 1.165) is 18.6 Å². The molecule has 158 valence electrons. The van der Waals surface area contributed by atoms with Crippen molar-refractivity contribution in [1.29, 1.82) is 0 Å². The van der Waals surface area contributed by atoms with Crippen molar-refractivity contribution in [2.75, 3.05) is 25.0 Å². The molecule has 0 aromatic heterocycles. The van der Waals surface area contributed by atoms with Crippen LogP contribution in [-0.2, 0) is 14.8 Å². The van der Waals surface area contributed by atoms with E-state index in [-0.39, 0.29) is 10.8 Å². The highest BCUT2D eigenvalue weighted by Gasteiger charge is 2.22. The Morgan fingerprint density at radius 1 is 0.966 bits per heavy atom. The molecular weight excluding hydrogens is 388 g/mol. The van der Waals surface area contributed by atoms with Crippen molar-refractivity contribution >= 4 is 21.6 Å². The maximum Gasteiger partial charge on any atom is 0.243 e. The third kappa shape index (κ3) is 7.18. The van der Waals surface area contributed by atoms with Crippen LogP contribution in [0.15, 0.2) is 59.5 Å². The van der Waals surface area contributed by atoms with E-state index < -0.39 is 10.0 Å². The Labute approximate surface area is 173 Å². The highest BCUT2D eigenvalue weighted by molar-refractivity contribution is 7.89. The Kier molecular flexibility index (Phi) is 9.15. The first kappa shape index (κ1) is 22.9. The van der Waals surface area contributed by atoms with Gasteiger partial charge in [-0.05, 0) is 55.7 Å². The molecule has 1 N–H and O–H groups in total. The lowest BCUT2D eigenvalue weighted by atomic mass is 10.2. The number of amides is 1. The van der Waals surface area contributed by atoms with Crippen LogP contribution in [0.1, 0.15) is 39.5 Å². The Hall–Kier alpha value is -2.38. The van der Waals surface area contributed by atoms with Gasteiger partial charge >= 0.3 is 0 Å². The molecule has 2 aromatic carbocycles. The van der Waals surface area contributed by atoms with Crippen molar-refractivity contribution in [1.82, 2.24) is 4.31 Å². The molecule has 0 bridgehead atoms. The van der Waals surface area contributed by atoms with Crippen molar-refractivity contribution in [2.45, 2.75) is 44.4 Å². The van der Waals surface area contributed by atoms with Crippen LogP contribution in [0.3, 0.4) is 0 Å². The van der Waals surface area contributed by atoms with E-state index in [2.05, 4.69) is 5.32 Å². The maximum atomic E-state index is 12.8. The van der Waals surface area contributed by atoms with Gasteiger partial charge in [0, 0.05) is 25.2 Å². The summed E-state index contributed by atoms with van der Waals surface area (Å²) in [4.78, 5) is 12.3. The first-order valence-corrected chi connectivity index (χ1v) is 11.5. The van der Waals surface area contributed by atoms with E-state index in [1.807, 2.05) is 44.2 Å². The van der Waals surface area contributed by atoms with Gasteiger partial charge in [0.2, 0.25) is 15.9 Å². The highest BCUT2D eigenvalue weighted by Crippen LogP contribution is 2.19. The van der Waals surface area contributed by atoms with Crippen molar-refractivity contribution in [2.24, 2.45) is 0 Å². The Morgan fingerprint density at radius 3 is 2.17 bits per heavy atom. The van der Waals surface area contributed by atoms with Gasteiger partial charge in [0.1, 0.15) is 5.75 Å². The van der Waals surface area contributed by atoms with Crippen LogP contribution in [0.2, 0.25) is 0 Å². The van der Waals surface area contributed by atoms with Crippen LogP contribution in [0.4, 0.5) is 5.69 Å². The van der Waals surface area contributed by atoms with E-state index in [1.54, 1.807) is 24.3 Å². The number of carbonyl (C=O) groups is 1. The molecule has 0 fully saturated rings. The number of para-hydroxylation sites is 1. The molecule has 0 aliphatic carbocycles. The molecule has 0 atom stereocenters. The largest absolute Gasteiger partial charge is 0.494 e. The molecular formula is C22H30N2O4S. The normalized spacial score (nSPS) is 11.4. The smallest absolute Gasteiger partial charge is 0.243 e. The second kappa shape index (κ2) is 11.6. The molecule has 7 heteroatoms. The third-order valence-electron chi connectivity index (χ3n) is 4.28. The van der Waals surface area contributed by atoms with Gasteiger partial charge in [0.25, 0.3) is 0 Å². The highest BCUT2D eigenvalue weighted by atomic mass is 32.2. The first-order valence-electron chi connectivity index (χ1n) is 10.0. The van der Waals surface area contributed by atoms with Gasteiger partial charge in [-0.2, -0.15) is 4.31 Å². The summed E-state index contributed by atoms with van der Waals surface area (Å²) >= 11 is 0. The molecule has 6 nitrogen and oxygen atoms in total. The molecule has 2 rings (SSSR count). The molecule has 0 aliphatic heterocycles. The molecule has 0 radical (unpaired) electrons. The predicted octanol–water partition coefficient (Wildman–Crippen LogP) is 4.30. The zero-order valence-electron chi connectivity index (χ0n) is 17.1. The SMILES string of the molecule is CCCN(CCC)S(=O)(=O)c1ccc(NC(=O)CCCOc2ccccc2)cc1. The van der Waals surface area contributed by atoms with Gasteiger partial charge in [-0.3, -0.25) is 4.79 Å². The van der Waals surface area contributed by atoms with E-state index >= 15 is 0 Å². The summed E-state index contributed by atoms with van der Waals surface area (Å²) in [5.74, 6) is 0.653. The fourth-order valence-corrected chi connectivity index (χ4v) is 4.50. The first-order chi connectivity index (χ1) is 14.0. The van der Waals surface area contributed by atoms with Crippen LogP contribution >= 0.6 is 0 Å². The number of ether oxygens (including phenoxy) is 1. The van der Waals surface area contributed by atoms with E-state index in [0.29, 0.717) is 38.2 Å². The second-order valence-corrected chi connectivity index (χ2v) is 8.68. The topological polar surface area (TPSA) is 75.7 Å². The minimum atomic E-state index is -3.51. The molecule has 0 aliphatic rings. The van der Waals surface area contributed by atoms with Crippen molar-refractivity contribution in [3.8, 4) is 5.75 Å². The van der Waals surface area contributed by atoms with Gasteiger partial charge in [-0.15, -0.1) is 0 Å². The van der Waals surface area contributed by atoms with Gasteiger partial charge in [-0.1, -0.05) is 32.0 Å². The molecule has 0 saturated carbocycles. The average molecular weight is 419 g/mol. The molecule has 0 spiro atoms. The van der Waals surface area contributed by atoms with Crippen LogP contribution < -0.4 is 10.1 Å². The third-order valence-corrected chi connectivity index (χ3v) is 6.19. The minimum Gasteiger partial charge on any atom is -0.494 e. The fraction of sp³-hybridized carbons (Fsp3) is 0.409. The number of nitrogens with zero attached hydrogens (tertiary/aromatic N) is 1. The Balaban J connectivity index is 1.85. The predicted molar refractivity (Wildman–Crippen MR) is 116 cm³/mol. The molecule has 0 heterocycles. The summed E-state index contributed by atoms with van der Waals surface area (Å²) in [6.45, 7) is 5.38. The number of hydrogen-bond acceptors (Lipinski definition) is 4. The van der Waals surface area contributed by atoms with Crippen LogP contribution in [0, 0.1) is 0 Å². The number of benzene rings is 2. The fourth-order valence-electron chi connectivity index (χ4n) is 2.87. The van der Waals surface area contributed by atoms with Crippen molar-refractivity contribution < 1.29 is 17.9 Å². The Morgan fingerprint density at radius 2 is 1.59 bits per heavy atom. The van der Waals surface area contributed by atoms with Gasteiger partial charge in [0.05, 0.1) is 11.5 Å². The molecule has 2 aromatic rings. The molecule has 0 saturated heterocycles. The minimum absolute atomic E-state index is 0.129. The van der Waals surface area contributed by atoms with Crippen LogP contribution in [0.25, 0.3) is 0 Å². The molecule has 29 heavy (non-hydrogen) atoms. The lowest BCUT2D eigenvalue weighted by molar-refractivity contribution is -0.116. The number of carbonyl (C=O) groups excluding carboxylic acids is 1. The van der Waals surface area contributed by atoms with E-state index in [4.69, 9.17) is 4.74 Å². The summed E-state index contributed by atoms with van der Waals surface area (Å²) in [6.07, 6.45) is 2.45. The zero-order valence-corrected chi connectivity index (χ0v) is 18.0. The van der Waals surface area contributed by atoms with E-state index in [1.165, 1.54) is 4.31 Å². The standard InChI is InChI=1S/C22H30N2O4S/c1-3-16-24(17-4-2)29(26,27)21-14-12-19(13-15-21)23-22(25)11-8-18-28-20-9-6-5-7-10-20/h5-7,9-10,12-15H,3-4,8,11,16-18H2,1-2H3,(H,23,25). The summed E-state index contributed by atoms with van der Waals surface area (Å²) < 4.78 is 32.6. The van der Waals surface area contributed by atoms with Gasteiger partial charge in [-0.25, -0.2) is 8.42 Å². The number of sulfonamides is 1. The summed E-state index contributed by atoms with van der Waals surface area (Å²) in [7, 11) is -3.51. The van der Waals surface area contributed by atoms with Gasteiger partial charge < -0.3 is 10.1 Å². The second-order valence-electron chi connectivity index (χ2n) is 6.74. The van der Waals surface area contributed by atoms with Crippen LogP contribution in [-0.4, -0.2) is 38.3 Å². The quantitative estimate of drug-likeness (QED) is 0.522. The average Bonchev–Trinajstić information content (AvgIpc) is 2.72. The number of rotatable bonds is 12. The lowest BCUT2D eigenvalue weighted by Gasteiger charge is -2.21. The van der Waals surface area contributed by atoms with Crippen molar-refractivity contribution in [3.63, 3.8) is 0 Å². The lowest BCUT2D eigenvalue weighted by Crippen LogP contribution is -2.32. The summed E-state index contributed by atoms with van der Waals surface area (Å²) in [6, 6.07) is 15.8. The van der Waals surface area contributed by atoms with E-state index in [9.17, 15) is 13.2 Å². The molecule has 0 unspecified atom stereocenters. The monoisotopic (exact) mass is 418 g/mol. The van der Waals surface area contributed by atoms with Crippen molar-refractivity contribution in [3.05, 3.63) is 54.6 Å². The Bertz CT molecular complexity index is 846. The number of anilines is 1. The van der Waals surface area contributed by atoms with Gasteiger partial charge in [0.15, 0.2) is 0 Å². The van der Waals surface area contributed by atoms with Crippen LogP contribution in [0.5, 0.6) is 5.75 Å². The zero-order chi connectivity index (χ0) is 21.1.